The number of carboxylic acids is 1. The highest BCUT2D eigenvalue weighted by molar-refractivity contribution is 8.15. The summed E-state index contributed by atoms with van der Waals surface area (Å²) in [6.07, 6.45) is 1.16. The molecule has 1 aliphatic rings. The standard InChI is InChI=1S/C19H15F2N3O4S/c20-13-4-3-12(15(21)7-13)10-28-14-5-1-11(2-6-14)9-22-24-19-23-18(27)16(29-19)8-17(25)26/h1-7,9,16H,8,10H2,(H,25,26)(H,23,24,27). The number of carbonyl (C=O) groups excluding carboxylic acids is 1. The van der Waals surface area contributed by atoms with Gasteiger partial charge in [-0.05, 0) is 42.0 Å². The lowest BCUT2D eigenvalue weighted by Gasteiger charge is -2.07. The highest BCUT2D eigenvalue weighted by atomic mass is 32.2. The van der Waals surface area contributed by atoms with Crippen molar-refractivity contribution < 1.29 is 28.2 Å². The Labute approximate surface area is 168 Å². The summed E-state index contributed by atoms with van der Waals surface area (Å²) < 4.78 is 32.0. The van der Waals surface area contributed by atoms with E-state index in [1.807, 2.05) is 0 Å². The Kier molecular flexibility index (Phi) is 6.55. The van der Waals surface area contributed by atoms with Crippen LogP contribution >= 0.6 is 11.8 Å². The fourth-order valence-electron chi connectivity index (χ4n) is 2.34. The van der Waals surface area contributed by atoms with Gasteiger partial charge in [-0.1, -0.05) is 11.8 Å². The molecule has 1 saturated heterocycles. The molecule has 2 N–H and O–H groups in total. The van der Waals surface area contributed by atoms with Crippen LogP contribution in [0.4, 0.5) is 8.78 Å². The van der Waals surface area contributed by atoms with Gasteiger partial charge in [0, 0.05) is 11.6 Å². The number of nitrogens with zero attached hydrogens (tertiary/aromatic N) is 2. The molecule has 1 unspecified atom stereocenters. The molecule has 0 radical (unpaired) electrons. The first-order chi connectivity index (χ1) is 13.9. The molecule has 1 fully saturated rings. The Morgan fingerprint density at radius 2 is 2.00 bits per heavy atom. The number of carboxylic acid groups (broad SMARTS) is 1. The van der Waals surface area contributed by atoms with Crippen LogP contribution in [-0.2, 0) is 16.2 Å². The number of amidine groups is 1. The normalized spacial score (nSPS) is 17.7. The van der Waals surface area contributed by atoms with Gasteiger partial charge < -0.3 is 15.2 Å². The van der Waals surface area contributed by atoms with E-state index in [2.05, 4.69) is 15.5 Å². The van der Waals surface area contributed by atoms with Crippen LogP contribution in [0.2, 0.25) is 0 Å². The van der Waals surface area contributed by atoms with E-state index in [1.54, 1.807) is 24.3 Å². The maximum Gasteiger partial charge on any atom is 0.305 e. The van der Waals surface area contributed by atoms with E-state index < -0.39 is 28.8 Å². The van der Waals surface area contributed by atoms with Gasteiger partial charge in [-0.3, -0.25) is 9.59 Å². The van der Waals surface area contributed by atoms with Crippen LogP contribution < -0.4 is 10.1 Å². The molecule has 10 heteroatoms. The van der Waals surface area contributed by atoms with E-state index in [9.17, 15) is 18.4 Å². The average molecular weight is 419 g/mol. The average Bonchev–Trinajstić information content (AvgIpc) is 3.01. The lowest BCUT2D eigenvalue weighted by molar-refractivity contribution is -0.138. The van der Waals surface area contributed by atoms with Gasteiger partial charge >= 0.3 is 5.97 Å². The molecule has 0 bridgehead atoms. The van der Waals surface area contributed by atoms with Crippen LogP contribution in [0, 0.1) is 11.6 Å². The SMILES string of the molecule is O=C(O)CC1SC(=NN=Cc2ccc(OCc3ccc(F)cc3F)cc2)NC1=O. The molecule has 7 nitrogen and oxygen atoms in total. The molecular formula is C19H15F2N3O4S. The summed E-state index contributed by atoms with van der Waals surface area (Å²) in [5.41, 5.74) is 0.941. The van der Waals surface area contributed by atoms with Crippen molar-refractivity contribution in [3.8, 4) is 5.75 Å². The number of amides is 1. The molecule has 2 aromatic carbocycles. The largest absolute Gasteiger partial charge is 0.489 e. The van der Waals surface area contributed by atoms with Crippen molar-refractivity contribution in [2.24, 2.45) is 10.2 Å². The lowest BCUT2D eigenvalue weighted by atomic mass is 10.2. The number of halogens is 2. The predicted octanol–water partition coefficient (Wildman–Crippen LogP) is 2.94. The van der Waals surface area contributed by atoms with Gasteiger partial charge in [-0.15, -0.1) is 5.10 Å². The molecule has 0 aromatic heterocycles. The van der Waals surface area contributed by atoms with Gasteiger partial charge in [-0.25, -0.2) is 8.78 Å². The number of thioether (sulfide) groups is 1. The van der Waals surface area contributed by atoms with Crippen molar-refractivity contribution in [1.82, 2.24) is 5.32 Å². The molecular weight excluding hydrogens is 404 g/mol. The van der Waals surface area contributed by atoms with Gasteiger partial charge in [0.1, 0.15) is 29.2 Å². The molecule has 2 aromatic rings. The molecule has 150 valence electrons. The number of hydrogen-bond donors (Lipinski definition) is 2. The number of aliphatic carboxylic acids is 1. The molecule has 3 rings (SSSR count). The number of hydrogen-bond acceptors (Lipinski definition) is 6. The van der Waals surface area contributed by atoms with E-state index in [1.165, 1.54) is 12.3 Å². The molecule has 1 heterocycles. The summed E-state index contributed by atoms with van der Waals surface area (Å²) in [6, 6.07) is 10.0. The van der Waals surface area contributed by atoms with Crippen LogP contribution in [0.1, 0.15) is 17.5 Å². The van der Waals surface area contributed by atoms with E-state index in [-0.39, 0.29) is 23.8 Å². The molecule has 1 amide bonds. The minimum atomic E-state index is -1.06. The smallest absolute Gasteiger partial charge is 0.305 e. The van der Waals surface area contributed by atoms with Gasteiger partial charge in [-0.2, -0.15) is 5.10 Å². The van der Waals surface area contributed by atoms with E-state index >= 15 is 0 Å². The van der Waals surface area contributed by atoms with Gasteiger partial charge in [0.25, 0.3) is 0 Å². The number of nitrogens with one attached hydrogen (secondary N) is 1. The quantitative estimate of drug-likeness (QED) is 0.531. The third-order valence-electron chi connectivity index (χ3n) is 3.78. The monoisotopic (exact) mass is 419 g/mol. The zero-order valence-corrected chi connectivity index (χ0v) is 15.7. The Morgan fingerprint density at radius 3 is 2.69 bits per heavy atom. The number of rotatable bonds is 7. The zero-order chi connectivity index (χ0) is 20.8. The van der Waals surface area contributed by atoms with Crippen LogP contribution in [0.15, 0.2) is 52.7 Å². The molecule has 0 spiro atoms. The second-order valence-corrected chi connectivity index (χ2v) is 7.13. The third-order valence-corrected chi connectivity index (χ3v) is 4.85. The summed E-state index contributed by atoms with van der Waals surface area (Å²) in [4.78, 5) is 22.3. The fourth-order valence-corrected chi connectivity index (χ4v) is 3.26. The molecule has 1 atom stereocenters. The second-order valence-electron chi connectivity index (χ2n) is 5.94. The van der Waals surface area contributed by atoms with Crippen molar-refractivity contribution in [1.29, 1.82) is 0 Å². The highest BCUT2D eigenvalue weighted by Crippen LogP contribution is 2.22. The highest BCUT2D eigenvalue weighted by Gasteiger charge is 2.32. The number of carbonyl (C=O) groups is 2. The van der Waals surface area contributed by atoms with Crippen molar-refractivity contribution in [3.05, 3.63) is 65.2 Å². The Hall–Kier alpha value is -3.27. The van der Waals surface area contributed by atoms with Crippen molar-refractivity contribution >= 4 is 35.0 Å². The van der Waals surface area contributed by atoms with Crippen LogP contribution in [-0.4, -0.2) is 33.6 Å². The van der Waals surface area contributed by atoms with E-state index in [0.29, 0.717) is 11.3 Å². The maximum absolute atomic E-state index is 13.6. The zero-order valence-electron chi connectivity index (χ0n) is 14.8. The summed E-state index contributed by atoms with van der Waals surface area (Å²) in [5.74, 6) is -2.30. The third kappa shape index (κ3) is 5.85. The first-order valence-corrected chi connectivity index (χ1v) is 9.26. The molecule has 29 heavy (non-hydrogen) atoms. The topological polar surface area (TPSA) is 100 Å². The summed E-state index contributed by atoms with van der Waals surface area (Å²) >= 11 is 1.01. The minimum Gasteiger partial charge on any atom is -0.489 e. The van der Waals surface area contributed by atoms with E-state index in [0.717, 1.165) is 23.9 Å². The number of ether oxygens (including phenoxy) is 1. The Bertz CT molecular complexity index is 980. The first-order valence-electron chi connectivity index (χ1n) is 8.38. The Balaban J connectivity index is 1.54. The maximum atomic E-state index is 13.6. The predicted molar refractivity (Wildman–Crippen MR) is 104 cm³/mol. The van der Waals surface area contributed by atoms with Crippen LogP contribution in [0.25, 0.3) is 0 Å². The van der Waals surface area contributed by atoms with Gasteiger partial charge in [0.05, 0.1) is 12.6 Å². The molecule has 0 saturated carbocycles. The van der Waals surface area contributed by atoms with Crippen molar-refractivity contribution in [3.63, 3.8) is 0 Å². The number of benzene rings is 2. The van der Waals surface area contributed by atoms with Gasteiger partial charge in [0.15, 0.2) is 5.17 Å². The summed E-state index contributed by atoms with van der Waals surface area (Å²) in [5, 5.41) is 18.5. The van der Waals surface area contributed by atoms with Crippen LogP contribution in [0.3, 0.4) is 0 Å². The summed E-state index contributed by atoms with van der Waals surface area (Å²) in [6.45, 7) is -0.0400. The lowest BCUT2D eigenvalue weighted by Crippen LogP contribution is -2.26. The minimum absolute atomic E-state index is 0.0400. The van der Waals surface area contributed by atoms with Gasteiger partial charge in [0.2, 0.25) is 5.91 Å². The van der Waals surface area contributed by atoms with Crippen molar-refractivity contribution in [2.45, 2.75) is 18.3 Å². The van der Waals surface area contributed by atoms with Crippen molar-refractivity contribution in [2.75, 3.05) is 0 Å². The first kappa shape index (κ1) is 20.5. The summed E-state index contributed by atoms with van der Waals surface area (Å²) in [7, 11) is 0. The fraction of sp³-hybridized carbons (Fsp3) is 0.158. The Morgan fingerprint density at radius 1 is 1.24 bits per heavy atom. The molecule has 1 aliphatic heterocycles. The van der Waals surface area contributed by atoms with Crippen LogP contribution in [0.5, 0.6) is 5.75 Å². The molecule has 0 aliphatic carbocycles. The second kappa shape index (κ2) is 9.28. The van der Waals surface area contributed by atoms with E-state index in [4.69, 9.17) is 9.84 Å².